The van der Waals surface area contributed by atoms with Crippen LogP contribution >= 0.6 is 22.6 Å². The molecule has 0 aromatic heterocycles. The molecule has 1 N–H and O–H groups in total. The molecule has 1 fully saturated rings. The van der Waals surface area contributed by atoms with E-state index in [4.69, 9.17) is 9.57 Å². The minimum atomic E-state index is -0.414. The number of hydrogen-bond donors (Lipinski definition) is 1. The van der Waals surface area contributed by atoms with Crippen LogP contribution in [0.3, 0.4) is 0 Å². The molecule has 6 heteroatoms. The SMILES string of the molecule is CC#C/C(I)=N\OC[C@H]1NC(=O)O[C@H]1C. The smallest absolute Gasteiger partial charge is 0.407 e. The Labute approximate surface area is 102 Å². The number of ether oxygens (including phenoxy) is 1. The summed E-state index contributed by atoms with van der Waals surface area (Å²) in [5.41, 5.74) is 0. The zero-order chi connectivity index (χ0) is 11.3. The first-order valence-corrected chi connectivity index (χ1v) is 5.46. The number of oxime groups is 1. The lowest BCUT2D eigenvalue weighted by Crippen LogP contribution is -2.34. The summed E-state index contributed by atoms with van der Waals surface area (Å²) in [6.07, 6.45) is -0.606. The predicted molar refractivity (Wildman–Crippen MR) is 63.7 cm³/mol. The Kier molecular flexibility index (Phi) is 4.68. The molecule has 1 aliphatic heterocycles. The second-order valence-corrected chi connectivity index (χ2v) is 3.94. The summed E-state index contributed by atoms with van der Waals surface area (Å²) < 4.78 is 5.45. The van der Waals surface area contributed by atoms with E-state index in [9.17, 15) is 4.79 Å². The molecule has 0 aromatic carbocycles. The standard InChI is InChI=1S/C9H11IN2O3/c1-3-4-8(10)12-14-5-7-6(2)15-9(13)11-7/h6-7H,5H2,1-2H3,(H,11,13)/b12-8+/t6-,7+/m0/s1. The maximum absolute atomic E-state index is 10.8. The van der Waals surface area contributed by atoms with Crippen LogP contribution in [0.15, 0.2) is 5.16 Å². The quantitative estimate of drug-likeness (QED) is 0.368. The van der Waals surface area contributed by atoms with Crippen LogP contribution in [0.5, 0.6) is 0 Å². The van der Waals surface area contributed by atoms with Crippen LogP contribution < -0.4 is 5.32 Å². The molecule has 0 unspecified atom stereocenters. The molecule has 2 atom stereocenters. The predicted octanol–water partition coefficient (Wildman–Crippen LogP) is 1.27. The average Bonchev–Trinajstić information content (AvgIpc) is 2.46. The third kappa shape index (κ3) is 3.95. The Hall–Kier alpha value is -0.970. The first kappa shape index (κ1) is 12.1. The number of carbonyl (C=O) groups is 1. The van der Waals surface area contributed by atoms with E-state index in [1.165, 1.54) is 0 Å². The second kappa shape index (κ2) is 5.80. The molecular weight excluding hydrogens is 311 g/mol. The Morgan fingerprint density at radius 3 is 3.07 bits per heavy atom. The molecule has 1 aliphatic rings. The Balaban J connectivity index is 2.34. The molecule has 1 saturated heterocycles. The summed E-state index contributed by atoms with van der Waals surface area (Å²) in [6, 6.07) is -0.153. The molecule has 1 amide bonds. The van der Waals surface area contributed by atoms with Crippen molar-refractivity contribution in [2.45, 2.75) is 26.0 Å². The number of cyclic esters (lactones) is 1. The van der Waals surface area contributed by atoms with E-state index in [0.29, 0.717) is 3.72 Å². The van der Waals surface area contributed by atoms with Crippen molar-refractivity contribution >= 4 is 32.4 Å². The van der Waals surface area contributed by atoms with E-state index in [1.54, 1.807) is 13.8 Å². The van der Waals surface area contributed by atoms with Gasteiger partial charge in [0, 0.05) is 0 Å². The summed E-state index contributed by atoms with van der Waals surface area (Å²) in [5.74, 6) is 5.43. The molecule has 82 valence electrons. The molecule has 0 bridgehead atoms. The van der Waals surface area contributed by atoms with Gasteiger partial charge in [0.05, 0.1) is 0 Å². The fourth-order valence-corrected chi connectivity index (χ4v) is 1.44. The van der Waals surface area contributed by atoms with E-state index >= 15 is 0 Å². The van der Waals surface area contributed by atoms with Crippen molar-refractivity contribution in [3.05, 3.63) is 0 Å². The molecule has 0 radical (unpaired) electrons. The Morgan fingerprint density at radius 1 is 1.80 bits per heavy atom. The number of nitrogens with one attached hydrogen (secondary N) is 1. The molecule has 0 aromatic rings. The highest BCUT2D eigenvalue weighted by Gasteiger charge is 2.30. The Morgan fingerprint density at radius 2 is 2.53 bits per heavy atom. The van der Waals surface area contributed by atoms with Gasteiger partial charge in [-0.1, -0.05) is 11.1 Å². The lowest BCUT2D eigenvalue weighted by atomic mass is 10.2. The maximum Gasteiger partial charge on any atom is 0.407 e. The summed E-state index contributed by atoms with van der Waals surface area (Å²) in [7, 11) is 0. The zero-order valence-electron chi connectivity index (χ0n) is 8.41. The number of amides is 1. The van der Waals surface area contributed by atoms with Gasteiger partial charge in [0.1, 0.15) is 18.8 Å². The minimum absolute atomic E-state index is 0.153. The van der Waals surface area contributed by atoms with Gasteiger partial charge in [0.25, 0.3) is 0 Å². The van der Waals surface area contributed by atoms with Crippen molar-refractivity contribution in [3.63, 3.8) is 0 Å². The van der Waals surface area contributed by atoms with Crippen molar-refractivity contribution in [3.8, 4) is 11.8 Å². The first-order valence-electron chi connectivity index (χ1n) is 4.39. The number of hydrogen-bond acceptors (Lipinski definition) is 4. The first-order chi connectivity index (χ1) is 7.13. The Bertz CT molecular complexity index is 332. The monoisotopic (exact) mass is 322 g/mol. The van der Waals surface area contributed by atoms with Gasteiger partial charge in [0.15, 0.2) is 3.72 Å². The van der Waals surface area contributed by atoms with Gasteiger partial charge in [0.2, 0.25) is 0 Å². The van der Waals surface area contributed by atoms with E-state index in [1.807, 2.05) is 22.6 Å². The highest BCUT2D eigenvalue weighted by molar-refractivity contribution is 14.1. The van der Waals surface area contributed by atoms with Crippen molar-refractivity contribution in [2.24, 2.45) is 5.16 Å². The molecule has 1 heterocycles. The third-order valence-corrected chi connectivity index (χ3v) is 2.26. The van der Waals surface area contributed by atoms with E-state index < -0.39 is 6.09 Å². The average molecular weight is 322 g/mol. The maximum atomic E-state index is 10.8. The molecule has 0 saturated carbocycles. The number of carbonyl (C=O) groups excluding carboxylic acids is 1. The topological polar surface area (TPSA) is 59.9 Å². The molecule has 1 rings (SSSR count). The van der Waals surface area contributed by atoms with Crippen LogP contribution in [0.1, 0.15) is 13.8 Å². The van der Waals surface area contributed by atoms with Crippen molar-refractivity contribution < 1.29 is 14.4 Å². The lowest BCUT2D eigenvalue weighted by molar-refractivity contribution is 0.0921. The fraction of sp³-hybridized carbons (Fsp3) is 0.556. The van der Waals surface area contributed by atoms with Crippen LogP contribution in [0, 0.1) is 11.8 Å². The molecular formula is C9H11IN2O3. The van der Waals surface area contributed by atoms with Crippen molar-refractivity contribution in [1.82, 2.24) is 5.32 Å². The van der Waals surface area contributed by atoms with E-state index in [0.717, 1.165) is 0 Å². The number of nitrogens with zero attached hydrogens (tertiary/aromatic N) is 1. The lowest BCUT2D eigenvalue weighted by Gasteiger charge is -2.10. The minimum Gasteiger partial charge on any atom is -0.444 e. The summed E-state index contributed by atoms with van der Waals surface area (Å²) in [5, 5.41) is 6.38. The molecule has 15 heavy (non-hydrogen) atoms. The van der Waals surface area contributed by atoms with Gasteiger partial charge in [-0.15, -0.1) is 0 Å². The van der Waals surface area contributed by atoms with E-state index in [-0.39, 0.29) is 18.8 Å². The zero-order valence-corrected chi connectivity index (χ0v) is 10.6. The highest BCUT2D eigenvalue weighted by Crippen LogP contribution is 2.08. The third-order valence-electron chi connectivity index (χ3n) is 1.79. The van der Waals surface area contributed by atoms with Gasteiger partial charge in [-0.25, -0.2) is 4.79 Å². The largest absolute Gasteiger partial charge is 0.444 e. The molecule has 0 aliphatic carbocycles. The summed E-state index contributed by atoms with van der Waals surface area (Å²) in [6.45, 7) is 3.80. The van der Waals surface area contributed by atoms with Gasteiger partial charge in [-0.2, -0.15) is 0 Å². The van der Waals surface area contributed by atoms with Gasteiger partial charge in [-0.3, -0.25) is 0 Å². The van der Waals surface area contributed by atoms with Gasteiger partial charge in [-0.05, 0) is 42.4 Å². The summed E-state index contributed by atoms with van der Waals surface area (Å²) in [4.78, 5) is 15.8. The number of alkyl carbamates (subject to hydrolysis) is 1. The van der Waals surface area contributed by atoms with Crippen molar-refractivity contribution in [2.75, 3.05) is 6.61 Å². The second-order valence-electron chi connectivity index (χ2n) is 2.91. The van der Waals surface area contributed by atoms with Crippen LogP contribution in [-0.2, 0) is 9.57 Å². The summed E-state index contributed by atoms with van der Waals surface area (Å²) >= 11 is 1.97. The van der Waals surface area contributed by atoms with E-state index in [2.05, 4.69) is 22.3 Å². The molecule has 0 spiro atoms. The van der Waals surface area contributed by atoms with Crippen LogP contribution in [0.25, 0.3) is 0 Å². The van der Waals surface area contributed by atoms with Gasteiger partial charge < -0.3 is 14.9 Å². The normalized spacial score (nSPS) is 25.0. The number of rotatable bonds is 3. The highest BCUT2D eigenvalue weighted by atomic mass is 127. The molecule has 5 nitrogen and oxygen atoms in total. The van der Waals surface area contributed by atoms with Crippen LogP contribution in [0.4, 0.5) is 4.79 Å². The fourth-order valence-electron chi connectivity index (χ4n) is 1.03. The van der Waals surface area contributed by atoms with Crippen LogP contribution in [-0.4, -0.2) is 28.6 Å². The van der Waals surface area contributed by atoms with Crippen molar-refractivity contribution in [1.29, 1.82) is 0 Å². The number of halogens is 1. The van der Waals surface area contributed by atoms with Gasteiger partial charge >= 0.3 is 6.09 Å². The van der Waals surface area contributed by atoms with Crippen LogP contribution in [0.2, 0.25) is 0 Å².